The molecule has 0 aliphatic heterocycles. The number of para-hydroxylation sites is 1. The second-order valence-corrected chi connectivity index (χ2v) is 4.85. The Morgan fingerprint density at radius 1 is 1.29 bits per heavy atom. The predicted octanol–water partition coefficient (Wildman–Crippen LogP) is 3.27. The molecule has 2 nitrogen and oxygen atoms in total. The van der Waals surface area contributed by atoms with Crippen molar-refractivity contribution in [2.45, 2.75) is 32.6 Å². The Kier molecular flexibility index (Phi) is 4.18. The number of anilines is 1. The van der Waals surface area contributed by atoms with E-state index in [2.05, 4.69) is 24.0 Å². The van der Waals surface area contributed by atoms with Crippen molar-refractivity contribution < 1.29 is 4.79 Å². The first-order valence-electron chi connectivity index (χ1n) is 6.64. The summed E-state index contributed by atoms with van der Waals surface area (Å²) in [6.07, 6.45) is 4.53. The molecule has 1 aliphatic carbocycles. The Morgan fingerprint density at radius 2 is 2.00 bits per heavy atom. The number of rotatable bonds is 7. The molecule has 0 saturated heterocycles. The van der Waals surface area contributed by atoms with Crippen molar-refractivity contribution in [3.8, 4) is 0 Å². The Balaban J connectivity index is 1.99. The molecule has 1 fully saturated rings. The summed E-state index contributed by atoms with van der Waals surface area (Å²) in [5.41, 5.74) is 1.18. The maximum absolute atomic E-state index is 11.9. The van der Waals surface area contributed by atoms with Crippen molar-refractivity contribution in [1.82, 2.24) is 0 Å². The van der Waals surface area contributed by atoms with Gasteiger partial charge in [0, 0.05) is 18.2 Å². The molecule has 0 amide bonds. The summed E-state index contributed by atoms with van der Waals surface area (Å²) in [4.78, 5) is 14.1. The molecule has 0 N–H and O–H groups in total. The van der Waals surface area contributed by atoms with Crippen LogP contribution in [0.15, 0.2) is 30.3 Å². The normalized spacial score (nSPS) is 14.6. The SMILES string of the molecule is CCCCN(CC(=O)C1CC1)c1ccccc1. The van der Waals surface area contributed by atoms with Crippen LogP contribution in [0.25, 0.3) is 0 Å². The maximum Gasteiger partial charge on any atom is 0.155 e. The number of nitrogens with zero attached hydrogens (tertiary/aromatic N) is 1. The fourth-order valence-electron chi connectivity index (χ4n) is 2.01. The van der Waals surface area contributed by atoms with Crippen molar-refractivity contribution in [3.05, 3.63) is 30.3 Å². The Morgan fingerprint density at radius 3 is 2.59 bits per heavy atom. The summed E-state index contributed by atoms with van der Waals surface area (Å²) in [6, 6.07) is 10.3. The number of unbranched alkanes of at least 4 members (excludes halogenated alkanes) is 1. The summed E-state index contributed by atoms with van der Waals surface area (Å²) in [7, 11) is 0. The molecule has 17 heavy (non-hydrogen) atoms. The van der Waals surface area contributed by atoms with Crippen LogP contribution >= 0.6 is 0 Å². The van der Waals surface area contributed by atoms with Gasteiger partial charge in [0.05, 0.1) is 6.54 Å². The third-order valence-electron chi connectivity index (χ3n) is 3.28. The monoisotopic (exact) mass is 231 g/mol. The fraction of sp³-hybridized carbons (Fsp3) is 0.533. The van der Waals surface area contributed by atoms with Gasteiger partial charge >= 0.3 is 0 Å². The lowest BCUT2D eigenvalue weighted by Gasteiger charge is -2.24. The van der Waals surface area contributed by atoms with Crippen LogP contribution in [0, 0.1) is 5.92 Å². The molecule has 2 heteroatoms. The van der Waals surface area contributed by atoms with E-state index in [9.17, 15) is 4.79 Å². The van der Waals surface area contributed by atoms with E-state index in [0.29, 0.717) is 18.2 Å². The zero-order valence-corrected chi connectivity index (χ0v) is 10.6. The number of benzene rings is 1. The summed E-state index contributed by atoms with van der Waals surface area (Å²) in [6.45, 7) is 3.76. The molecule has 0 unspecified atom stereocenters. The number of Topliss-reactive ketones (excluding diaryl/α,β-unsaturated/α-hetero) is 1. The minimum absolute atomic E-state index is 0.364. The topological polar surface area (TPSA) is 20.3 Å². The largest absolute Gasteiger partial charge is 0.364 e. The standard InChI is InChI=1S/C15H21NO/c1-2-3-11-16(12-15(17)13-9-10-13)14-7-5-4-6-8-14/h4-8,13H,2-3,9-12H2,1H3. The van der Waals surface area contributed by atoms with Gasteiger partial charge in [0.25, 0.3) is 0 Å². The van der Waals surface area contributed by atoms with E-state index in [0.717, 1.165) is 25.8 Å². The maximum atomic E-state index is 11.9. The van der Waals surface area contributed by atoms with Crippen LogP contribution in [-0.4, -0.2) is 18.9 Å². The summed E-state index contributed by atoms with van der Waals surface area (Å²) >= 11 is 0. The number of ketones is 1. The number of hydrogen-bond acceptors (Lipinski definition) is 2. The zero-order chi connectivity index (χ0) is 12.1. The van der Waals surface area contributed by atoms with Crippen molar-refractivity contribution in [2.75, 3.05) is 18.0 Å². The van der Waals surface area contributed by atoms with Gasteiger partial charge in [-0.1, -0.05) is 31.5 Å². The molecule has 0 bridgehead atoms. The van der Waals surface area contributed by atoms with E-state index in [1.165, 1.54) is 12.1 Å². The Hall–Kier alpha value is -1.31. The highest BCUT2D eigenvalue weighted by molar-refractivity contribution is 5.87. The molecule has 1 aliphatic rings. The van der Waals surface area contributed by atoms with E-state index in [1.54, 1.807) is 0 Å². The Labute approximate surface area is 104 Å². The summed E-state index contributed by atoms with van der Waals surface area (Å²) in [5.74, 6) is 0.785. The van der Waals surface area contributed by atoms with Crippen LogP contribution in [0.2, 0.25) is 0 Å². The first-order valence-corrected chi connectivity index (χ1v) is 6.64. The smallest absolute Gasteiger partial charge is 0.155 e. The van der Waals surface area contributed by atoms with Gasteiger partial charge < -0.3 is 4.90 Å². The van der Waals surface area contributed by atoms with Crippen LogP contribution in [0.5, 0.6) is 0 Å². The third-order valence-corrected chi connectivity index (χ3v) is 3.28. The van der Waals surface area contributed by atoms with Crippen molar-refractivity contribution in [1.29, 1.82) is 0 Å². The van der Waals surface area contributed by atoms with Gasteiger partial charge in [-0.2, -0.15) is 0 Å². The van der Waals surface area contributed by atoms with Gasteiger partial charge in [-0.25, -0.2) is 0 Å². The molecule has 1 aromatic carbocycles. The molecule has 0 heterocycles. The molecule has 2 rings (SSSR count). The van der Waals surface area contributed by atoms with E-state index in [-0.39, 0.29) is 0 Å². The van der Waals surface area contributed by atoms with Gasteiger partial charge in [0.2, 0.25) is 0 Å². The lowest BCUT2D eigenvalue weighted by atomic mass is 10.2. The molecule has 1 aromatic rings. The van der Waals surface area contributed by atoms with Crippen LogP contribution in [0.1, 0.15) is 32.6 Å². The predicted molar refractivity (Wildman–Crippen MR) is 71.3 cm³/mol. The third kappa shape index (κ3) is 3.58. The van der Waals surface area contributed by atoms with Gasteiger partial charge in [-0.05, 0) is 31.4 Å². The lowest BCUT2D eigenvalue weighted by molar-refractivity contribution is -0.118. The van der Waals surface area contributed by atoms with E-state index in [1.807, 2.05) is 18.2 Å². The van der Waals surface area contributed by atoms with Crippen LogP contribution in [-0.2, 0) is 4.79 Å². The highest BCUT2D eigenvalue weighted by Gasteiger charge is 2.30. The number of carbonyl (C=O) groups excluding carboxylic acids is 1. The van der Waals surface area contributed by atoms with Crippen LogP contribution in [0.4, 0.5) is 5.69 Å². The quantitative estimate of drug-likeness (QED) is 0.718. The van der Waals surface area contributed by atoms with E-state index in [4.69, 9.17) is 0 Å². The van der Waals surface area contributed by atoms with Gasteiger partial charge in [-0.15, -0.1) is 0 Å². The minimum Gasteiger partial charge on any atom is -0.364 e. The Bertz CT molecular complexity index is 356. The minimum atomic E-state index is 0.364. The number of carbonyl (C=O) groups is 1. The van der Waals surface area contributed by atoms with E-state index < -0.39 is 0 Å². The highest BCUT2D eigenvalue weighted by Crippen LogP contribution is 2.30. The molecule has 0 spiro atoms. The zero-order valence-electron chi connectivity index (χ0n) is 10.6. The average molecular weight is 231 g/mol. The van der Waals surface area contributed by atoms with Gasteiger partial charge in [0.1, 0.15) is 0 Å². The van der Waals surface area contributed by atoms with Crippen LogP contribution < -0.4 is 4.90 Å². The highest BCUT2D eigenvalue weighted by atomic mass is 16.1. The van der Waals surface area contributed by atoms with E-state index >= 15 is 0 Å². The molecule has 92 valence electrons. The number of hydrogen-bond donors (Lipinski definition) is 0. The summed E-state index contributed by atoms with van der Waals surface area (Å²) in [5, 5.41) is 0. The van der Waals surface area contributed by atoms with Gasteiger partial charge in [-0.3, -0.25) is 4.79 Å². The van der Waals surface area contributed by atoms with Gasteiger partial charge in [0.15, 0.2) is 5.78 Å². The van der Waals surface area contributed by atoms with Crippen molar-refractivity contribution in [3.63, 3.8) is 0 Å². The fourth-order valence-corrected chi connectivity index (χ4v) is 2.01. The molecular formula is C15H21NO. The van der Waals surface area contributed by atoms with Crippen molar-refractivity contribution >= 4 is 11.5 Å². The summed E-state index contributed by atoms with van der Waals surface area (Å²) < 4.78 is 0. The molecule has 0 radical (unpaired) electrons. The lowest BCUT2D eigenvalue weighted by Crippen LogP contribution is -2.31. The molecule has 1 saturated carbocycles. The molecule has 0 atom stereocenters. The van der Waals surface area contributed by atoms with Crippen LogP contribution in [0.3, 0.4) is 0 Å². The molecule has 0 aromatic heterocycles. The second-order valence-electron chi connectivity index (χ2n) is 4.85. The first kappa shape index (κ1) is 12.2. The second kappa shape index (κ2) is 5.85. The molecular weight excluding hydrogens is 210 g/mol. The van der Waals surface area contributed by atoms with Crippen molar-refractivity contribution in [2.24, 2.45) is 5.92 Å². The first-order chi connectivity index (χ1) is 8.31. The average Bonchev–Trinajstić information content (AvgIpc) is 3.19.